The van der Waals surface area contributed by atoms with Gasteiger partial charge in [-0.15, -0.1) is 11.3 Å². The van der Waals surface area contributed by atoms with E-state index in [1.807, 2.05) is 24.3 Å². The van der Waals surface area contributed by atoms with Gasteiger partial charge in [-0.1, -0.05) is 58.0 Å². The Kier molecular flexibility index (Phi) is 6.80. The highest BCUT2D eigenvalue weighted by atomic mass is 32.1. The Morgan fingerprint density at radius 2 is 1.91 bits per heavy atom. The van der Waals surface area contributed by atoms with Crippen molar-refractivity contribution in [1.29, 1.82) is 0 Å². The van der Waals surface area contributed by atoms with E-state index in [0.717, 1.165) is 53.1 Å². The van der Waals surface area contributed by atoms with Crippen LogP contribution in [0.1, 0.15) is 66.0 Å². The lowest BCUT2D eigenvalue weighted by Crippen LogP contribution is -2.27. The van der Waals surface area contributed by atoms with Crippen molar-refractivity contribution in [2.45, 2.75) is 53.4 Å². The lowest BCUT2D eigenvalue weighted by molar-refractivity contribution is 0.102. The van der Waals surface area contributed by atoms with Crippen LogP contribution in [0.15, 0.2) is 53.5 Å². The Hall–Kier alpha value is -2.79. The van der Waals surface area contributed by atoms with Gasteiger partial charge in [0.05, 0.1) is 5.56 Å². The average molecular weight is 463 g/mol. The van der Waals surface area contributed by atoms with Crippen LogP contribution >= 0.6 is 11.3 Å². The second kappa shape index (κ2) is 9.60. The molecule has 172 valence electrons. The number of aliphatic imine (C=N–C) groups is 1. The van der Waals surface area contributed by atoms with Gasteiger partial charge in [0.15, 0.2) is 0 Å². The minimum absolute atomic E-state index is 0.103. The fourth-order valence-electron chi connectivity index (χ4n) is 4.45. The summed E-state index contributed by atoms with van der Waals surface area (Å²) in [4.78, 5) is 19.5. The summed E-state index contributed by atoms with van der Waals surface area (Å²) in [5.41, 5.74) is 4.81. The van der Waals surface area contributed by atoms with Crippen LogP contribution in [0.3, 0.4) is 0 Å². The molecule has 1 aromatic heterocycles. The molecule has 0 spiro atoms. The van der Waals surface area contributed by atoms with Gasteiger partial charge in [0.25, 0.3) is 5.91 Å². The first-order valence-corrected chi connectivity index (χ1v) is 12.4. The molecular formula is C28H31FN2OS. The van der Waals surface area contributed by atoms with Crippen LogP contribution in [-0.4, -0.2) is 12.1 Å². The molecular weight excluding hydrogens is 431 g/mol. The smallest absolute Gasteiger partial charge is 0.259 e. The van der Waals surface area contributed by atoms with Gasteiger partial charge in [0, 0.05) is 16.8 Å². The third-order valence-electron chi connectivity index (χ3n) is 6.55. The van der Waals surface area contributed by atoms with Gasteiger partial charge in [0.2, 0.25) is 0 Å². The van der Waals surface area contributed by atoms with Crippen molar-refractivity contribution in [1.82, 2.24) is 0 Å². The minimum Gasteiger partial charge on any atom is -0.322 e. The highest BCUT2D eigenvalue weighted by molar-refractivity contribution is 7.16. The van der Waals surface area contributed by atoms with Crippen LogP contribution < -0.4 is 5.32 Å². The first kappa shape index (κ1) is 23.4. The van der Waals surface area contributed by atoms with E-state index in [9.17, 15) is 9.18 Å². The molecule has 2 aromatic carbocycles. The molecule has 3 aromatic rings. The van der Waals surface area contributed by atoms with Gasteiger partial charge in [-0.3, -0.25) is 4.79 Å². The molecule has 1 heterocycles. The molecule has 0 saturated heterocycles. The number of amides is 1. The maximum atomic E-state index is 13.5. The summed E-state index contributed by atoms with van der Waals surface area (Å²) in [6.07, 6.45) is 5.50. The lowest BCUT2D eigenvalue weighted by atomic mass is 9.72. The van der Waals surface area contributed by atoms with E-state index in [4.69, 9.17) is 4.99 Å². The summed E-state index contributed by atoms with van der Waals surface area (Å²) in [5, 5.41) is 3.87. The quantitative estimate of drug-likeness (QED) is 0.390. The van der Waals surface area contributed by atoms with Crippen molar-refractivity contribution in [3.05, 3.63) is 81.5 Å². The molecule has 0 radical (unpaired) electrons. The largest absolute Gasteiger partial charge is 0.322 e. The molecule has 1 atom stereocenters. The average Bonchev–Trinajstić information content (AvgIpc) is 3.16. The maximum Gasteiger partial charge on any atom is 0.259 e. The Morgan fingerprint density at radius 3 is 2.61 bits per heavy atom. The molecule has 1 amide bonds. The highest BCUT2D eigenvalue weighted by Gasteiger charge is 2.33. The number of rotatable bonds is 5. The molecule has 33 heavy (non-hydrogen) atoms. The fraction of sp³-hybridized carbons (Fsp3) is 0.357. The van der Waals surface area contributed by atoms with E-state index in [1.54, 1.807) is 29.7 Å². The predicted molar refractivity (Wildman–Crippen MR) is 137 cm³/mol. The number of halogens is 1. The number of benzene rings is 2. The molecule has 4 rings (SSSR count). The topological polar surface area (TPSA) is 41.5 Å². The number of fused-ring (bicyclic) bond motifs is 1. The zero-order chi connectivity index (χ0) is 23.6. The number of hydrogen-bond donors (Lipinski definition) is 1. The number of anilines is 1. The Balaban J connectivity index is 1.71. The van der Waals surface area contributed by atoms with Crippen molar-refractivity contribution in [3.63, 3.8) is 0 Å². The second-order valence-electron chi connectivity index (χ2n) is 9.76. The Morgan fingerprint density at radius 1 is 1.18 bits per heavy atom. The summed E-state index contributed by atoms with van der Waals surface area (Å²) in [6, 6.07) is 14.2. The zero-order valence-corrected chi connectivity index (χ0v) is 20.6. The first-order chi connectivity index (χ1) is 15.8. The summed E-state index contributed by atoms with van der Waals surface area (Å²) in [6.45, 7) is 8.96. The van der Waals surface area contributed by atoms with Crippen LogP contribution in [0.25, 0.3) is 0 Å². The number of carbonyl (C=O) groups excluding carboxylic acids is 1. The molecule has 0 bridgehead atoms. The second-order valence-corrected chi connectivity index (χ2v) is 10.8. The molecule has 1 N–H and O–H groups in total. The molecule has 1 unspecified atom stereocenters. The van der Waals surface area contributed by atoms with E-state index in [2.05, 4.69) is 33.0 Å². The van der Waals surface area contributed by atoms with Crippen molar-refractivity contribution in [3.8, 4) is 0 Å². The molecule has 0 saturated carbocycles. The highest BCUT2D eigenvalue weighted by Crippen LogP contribution is 2.45. The van der Waals surface area contributed by atoms with Gasteiger partial charge < -0.3 is 5.32 Å². The number of thiophene rings is 1. The van der Waals surface area contributed by atoms with E-state index in [0.29, 0.717) is 11.5 Å². The number of carbonyl (C=O) groups is 1. The van der Waals surface area contributed by atoms with E-state index >= 15 is 0 Å². The number of hydrogen-bond acceptors (Lipinski definition) is 3. The molecule has 1 aliphatic carbocycles. The fourth-order valence-corrected chi connectivity index (χ4v) is 5.72. The number of aryl methyl sites for hydroxylation is 1. The SMILES string of the molecule is CCc1ccccc1NC(=O)c1c(N=Cc2ccc(F)cc2)sc2c1CCC(C(C)(C)C)C2. The zero-order valence-electron chi connectivity index (χ0n) is 19.7. The molecule has 5 heteroatoms. The van der Waals surface area contributed by atoms with Crippen molar-refractivity contribution < 1.29 is 9.18 Å². The Bertz CT molecular complexity index is 1170. The van der Waals surface area contributed by atoms with Crippen molar-refractivity contribution in [2.75, 3.05) is 5.32 Å². The summed E-state index contributed by atoms with van der Waals surface area (Å²) < 4.78 is 13.3. The minimum atomic E-state index is -0.276. The molecule has 0 fully saturated rings. The summed E-state index contributed by atoms with van der Waals surface area (Å²) >= 11 is 1.62. The molecule has 1 aliphatic rings. The van der Waals surface area contributed by atoms with Gasteiger partial charge in [-0.2, -0.15) is 0 Å². The van der Waals surface area contributed by atoms with Crippen LogP contribution in [0.2, 0.25) is 0 Å². The molecule has 0 aliphatic heterocycles. The number of nitrogens with one attached hydrogen (secondary N) is 1. The monoisotopic (exact) mass is 462 g/mol. The van der Waals surface area contributed by atoms with E-state index in [1.165, 1.54) is 17.0 Å². The summed E-state index contributed by atoms with van der Waals surface area (Å²) in [5.74, 6) is 0.199. The van der Waals surface area contributed by atoms with Gasteiger partial charge in [0.1, 0.15) is 10.8 Å². The van der Waals surface area contributed by atoms with Gasteiger partial charge >= 0.3 is 0 Å². The van der Waals surface area contributed by atoms with E-state index in [-0.39, 0.29) is 17.1 Å². The van der Waals surface area contributed by atoms with Crippen molar-refractivity contribution in [2.24, 2.45) is 16.3 Å². The maximum absolute atomic E-state index is 13.5. The van der Waals surface area contributed by atoms with Crippen LogP contribution in [0, 0.1) is 17.2 Å². The normalized spacial score (nSPS) is 16.1. The van der Waals surface area contributed by atoms with Crippen LogP contribution in [0.5, 0.6) is 0 Å². The van der Waals surface area contributed by atoms with Crippen LogP contribution in [-0.2, 0) is 19.3 Å². The van der Waals surface area contributed by atoms with Crippen LogP contribution in [0.4, 0.5) is 15.1 Å². The number of para-hydroxylation sites is 1. The van der Waals surface area contributed by atoms with Crippen molar-refractivity contribution >= 4 is 34.1 Å². The number of nitrogens with zero attached hydrogens (tertiary/aromatic N) is 1. The lowest BCUT2D eigenvalue weighted by Gasteiger charge is -2.33. The third kappa shape index (κ3) is 5.25. The van der Waals surface area contributed by atoms with Gasteiger partial charge in [-0.05, 0) is 71.9 Å². The molecule has 3 nitrogen and oxygen atoms in total. The Labute approximate surface area is 199 Å². The third-order valence-corrected chi connectivity index (χ3v) is 7.71. The van der Waals surface area contributed by atoms with Gasteiger partial charge in [-0.25, -0.2) is 9.38 Å². The summed E-state index contributed by atoms with van der Waals surface area (Å²) in [7, 11) is 0. The predicted octanol–water partition coefficient (Wildman–Crippen LogP) is 7.60. The standard InChI is InChI=1S/C28H31FN2OS/c1-5-19-8-6-7-9-23(19)31-26(32)25-22-15-12-20(28(2,3)4)16-24(22)33-27(25)30-17-18-10-13-21(29)14-11-18/h6-11,13-14,17,20H,5,12,15-16H2,1-4H3,(H,31,32). The first-order valence-electron chi connectivity index (χ1n) is 11.6. The van der Waals surface area contributed by atoms with E-state index < -0.39 is 0 Å².